The van der Waals surface area contributed by atoms with Crippen LogP contribution in [0.3, 0.4) is 0 Å². The van der Waals surface area contributed by atoms with Gasteiger partial charge < -0.3 is 10.8 Å². The fraction of sp³-hybridized carbons (Fsp3) is 0. The molecule has 0 saturated carbocycles. The lowest BCUT2D eigenvalue weighted by Gasteiger charge is -2.13. The summed E-state index contributed by atoms with van der Waals surface area (Å²) in [6, 6.07) is 15.2. The Hall–Kier alpha value is -3.61. The van der Waals surface area contributed by atoms with Crippen LogP contribution >= 0.6 is 34.8 Å². The molecule has 0 amide bonds. The van der Waals surface area contributed by atoms with Gasteiger partial charge in [-0.2, -0.15) is 18.7 Å². The van der Waals surface area contributed by atoms with E-state index in [1.165, 1.54) is 22.9 Å². The van der Waals surface area contributed by atoms with E-state index >= 15 is 0 Å². The fourth-order valence-corrected chi connectivity index (χ4v) is 6.14. The molecule has 3 aromatic heterocycles. The van der Waals surface area contributed by atoms with Gasteiger partial charge in [-0.15, -0.1) is 9.19 Å². The van der Waals surface area contributed by atoms with E-state index in [0.29, 0.717) is 9.77 Å². The highest BCUT2D eigenvalue weighted by atomic mass is 127. The first-order valence-electron chi connectivity index (χ1n) is 9.54. The molecule has 0 fully saturated rings. The number of nitrogens with two attached hydrogens (primary N) is 1. The minimum atomic E-state index is -4.41. The first kappa shape index (κ1) is 22.2. The van der Waals surface area contributed by atoms with E-state index in [1.54, 1.807) is 30.3 Å². The molecule has 0 unspecified atom stereocenters. The van der Waals surface area contributed by atoms with Crippen molar-refractivity contribution < 1.29 is 13.5 Å². The third kappa shape index (κ3) is 3.22. The number of halogens is 1. The van der Waals surface area contributed by atoms with Crippen molar-refractivity contribution in [2.24, 2.45) is 0 Å². The van der Waals surface area contributed by atoms with Crippen molar-refractivity contribution >= 4 is 72.6 Å². The molecule has 13 heteroatoms. The molecule has 34 heavy (non-hydrogen) atoms. The highest BCUT2D eigenvalue weighted by molar-refractivity contribution is 14.1. The van der Waals surface area contributed by atoms with Gasteiger partial charge in [-0.1, -0.05) is 18.2 Å². The second-order valence-electron chi connectivity index (χ2n) is 7.06. The van der Waals surface area contributed by atoms with Gasteiger partial charge >= 0.3 is 0 Å². The summed E-state index contributed by atoms with van der Waals surface area (Å²) >= 11 is 7.23. The zero-order valence-electron chi connectivity index (χ0n) is 16.9. The monoisotopic (exact) mass is 601 g/mol. The van der Waals surface area contributed by atoms with Crippen molar-refractivity contribution in [1.82, 2.24) is 23.7 Å². The third-order valence-corrected chi connectivity index (χ3v) is 7.83. The van der Waals surface area contributed by atoms with Crippen LogP contribution in [0.1, 0.15) is 5.69 Å². The second kappa shape index (κ2) is 8.01. The van der Waals surface area contributed by atoms with E-state index in [0.717, 1.165) is 0 Å². The molecule has 0 saturated heterocycles. The Morgan fingerprint density at radius 1 is 1.18 bits per heavy atom. The molecule has 3 heterocycles. The predicted octanol–water partition coefficient (Wildman–Crippen LogP) is 3.50. The maximum Gasteiger partial charge on any atom is 0.285 e. The van der Waals surface area contributed by atoms with Crippen molar-refractivity contribution in [2.75, 3.05) is 5.73 Å². The molecule has 0 aliphatic carbocycles. The van der Waals surface area contributed by atoms with Gasteiger partial charge in [0.15, 0.2) is 17.1 Å². The molecule has 5 aromatic rings. The Balaban J connectivity index is 1.87. The number of hydrogen-bond donors (Lipinski definition) is 2. The number of nitriles is 1. The molecule has 0 spiro atoms. The topological polar surface area (TPSA) is 153 Å². The number of pyridine rings is 1. The van der Waals surface area contributed by atoms with Gasteiger partial charge in [0.2, 0.25) is 4.77 Å². The normalized spacial score (nSPS) is 11.6. The summed E-state index contributed by atoms with van der Waals surface area (Å²) < 4.78 is 29.9. The number of benzene rings is 2. The van der Waals surface area contributed by atoms with Crippen LogP contribution in [0.25, 0.3) is 27.6 Å². The van der Waals surface area contributed by atoms with Crippen LogP contribution in [-0.4, -0.2) is 37.2 Å². The number of phenolic OH excluding ortho intramolecular Hbond substituents is 1. The van der Waals surface area contributed by atoms with Crippen LogP contribution in [0.15, 0.2) is 59.6 Å². The average molecular weight is 601 g/mol. The van der Waals surface area contributed by atoms with E-state index in [4.69, 9.17) is 18.0 Å². The summed E-state index contributed by atoms with van der Waals surface area (Å²) in [7, 11) is -4.41. The Bertz CT molecular complexity index is 1840. The van der Waals surface area contributed by atoms with Gasteiger partial charge in [-0.25, -0.2) is 0 Å². The molecule has 3 N–H and O–H groups in total. The summed E-state index contributed by atoms with van der Waals surface area (Å²) in [5, 5.41) is 24.3. The highest BCUT2D eigenvalue weighted by Crippen LogP contribution is 2.35. The van der Waals surface area contributed by atoms with Crippen LogP contribution < -0.4 is 5.73 Å². The number of para-hydroxylation sites is 1. The Morgan fingerprint density at radius 3 is 2.62 bits per heavy atom. The number of nitrogens with zero attached hydrogens (tertiary/aromatic N) is 6. The standard InChI is InChI=1S/C21H12IN7O3S2/c22-13-9-15(12-7-4-8-25-17(12)18(13)30)34(31,32)29-20-16(14(10-23)27-29)19(24)28(21(33)26-20)11-5-2-1-3-6-11/h1-9,30H,24H2. The fourth-order valence-electron chi connectivity index (χ4n) is 3.63. The smallest absolute Gasteiger partial charge is 0.285 e. The summed E-state index contributed by atoms with van der Waals surface area (Å²) in [4.78, 5) is 8.24. The Morgan fingerprint density at radius 2 is 1.91 bits per heavy atom. The maximum absolute atomic E-state index is 13.8. The molecule has 10 nitrogen and oxygen atoms in total. The molecule has 2 aromatic carbocycles. The lowest BCUT2D eigenvalue weighted by Crippen LogP contribution is -2.17. The third-order valence-electron chi connectivity index (χ3n) is 5.13. The van der Waals surface area contributed by atoms with Crippen LogP contribution in [0.2, 0.25) is 0 Å². The second-order valence-corrected chi connectivity index (χ2v) is 10.3. The molecule has 0 radical (unpaired) electrons. The van der Waals surface area contributed by atoms with E-state index in [9.17, 15) is 18.8 Å². The number of phenols is 1. The molecule has 0 aliphatic rings. The number of aromatic nitrogens is 5. The zero-order valence-corrected chi connectivity index (χ0v) is 20.7. The number of fused-ring (bicyclic) bond motifs is 2. The summed E-state index contributed by atoms with van der Waals surface area (Å²) in [6.07, 6.45) is 1.44. The lowest BCUT2D eigenvalue weighted by atomic mass is 10.2. The Kier molecular flexibility index (Phi) is 5.23. The van der Waals surface area contributed by atoms with E-state index in [-0.39, 0.29) is 52.4 Å². The SMILES string of the molecule is N#Cc1nn(S(=O)(=O)c2cc(I)c(O)c3ncccc23)c2nc(=S)n(-c3ccccc3)c(N)c12. The average Bonchev–Trinajstić information content (AvgIpc) is 3.21. The number of aromatic hydroxyl groups is 1. The summed E-state index contributed by atoms with van der Waals surface area (Å²) in [5.74, 6) is -0.108. The molecule has 0 aliphatic heterocycles. The van der Waals surface area contributed by atoms with Gasteiger partial charge in [0.25, 0.3) is 10.0 Å². The van der Waals surface area contributed by atoms with Gasteiger partial charge in [-0.05, 0) is 65.1 Å². The molecule has 168 valence electrons. The van der Waals surface area contributed by atoms with E-state index in [2.05, 4.69) is 15.1 Å². The van der Waals surface area contributed by atoms with Crippen molar-refractivity contribution in [3.8, 4) is 17.5 Å². The largest absolute Gasteiger partial charge is 0.505 e. The van der Waals surface area contributed by atoms with Gasteiger partial charge in [-0.3, -0.25) is 9.55 Å². The first-order chi connectivity index (χ1) is 16.3. The first-order valence-corrected chi connectivity index (χ1v) is 12.5. The molecule has 5 rings (SSSR count). The van der Waals surface area contributed by atoms with Crippen LogP contribution in [0.5, 0.6) is 5.75 Å². The molecular weight excluding hydrogens is 589 g/mol. The number of nitrogen functional groups attached to an aromatic ring is 1. The summed E-state index contributed by atoms with van der Waals surface area (Å²) in [5.41, 5.74) is 6.69. The van der Waals surface area contributed by atoms with Gasteiger partial charge in [0.05, 0.1) is 8.96 Å². The van der Waals surface area contributed by atoms with E-state index in [1.807, 2.05) is 34.7 Å². The van der Waals surface area contributed by atoms with Crippen molar-refractivity contribution in [1.29, 1.82) is 5.26 Å². The Labute approximate surface area is 211 Å². The van der Waals surface area contributed by atoms with Crippen molar-refractivity contribution in [2.45, 2.75) is 4.90 Å². The van der Waals surface area contributed by atoms with Crippen molar-refractivity contribution in [3.63, 3.8) is 0 Å². The van der Waals surface area contributed by atoms with Crippen LogP contribution in [0.4, 0.5) is 5.82 Å². The van der Waals surface area contributed by atoms with E-state index < -0.39 is 10.0 Å². The maximum atomic E-state index is 13.8. The van der Waals surface area contributed by atoms with Crippen molar-refractivity contribution in [3.05, 3.63) is 68.8 Å². The molecular formula is C21H12IN7O3S2. The number of hydrogen-bond acceptors (Lipinski definition) is 9. The number of anilines is 1. The lowest BCUT2D eigenvalue weighted by molar-refractivity contribution is 0.476. The quantitative estimate of drug-likeness (QED) is 0.234. The van der Waals surface area contributed by atoms with Crippen LogP contribution in [0, 0.1) is 19.7 Å². The van der Waals surface area contributed by atoms with Crippen LogP contribution in [-0.2, 0) is 10.0 Å². The minimum Gasteiger partial charge on any atom is -0.505 e. The number of rotatable bonds is 3. The van der Waals surface area contributed by atoms with Gasteiger partial charge in [0.1, 0.15) is 22.3 Å². The predicted molar refractivity (Wildman–Crippen MR) is 136 cm³/mol. The molecule has 0 atom stereocenters. The van der Waals surface area contributed by atoms with Gasteiger partial charge in [0, 0.05) is 17.3 Å². The molecule has 0 bridgehead atoms. The minimum absolute atomic E-state index is 0.0103. The zero-order chi connectivity index (χ0) is 24.2. The summed E-state index contributed by atoms with van der Waals surface area (Å²) in [6.45, 7) is 0. The highest BCUT2D eigenvalue weighted by Gasteiger charge is 2.29.